The summed E-state index contributed by atoms with van der Waals surface area (Å²) >= 11 is 7.24. The zero-order valence-electron chi connectivity index (χ0n) is 9.63. The largest absolute Gasteiger partial charge is 0.478 e. The molecule has 0 saturated heterocycles. The van der Waals surface area contributed by atoms with Gasteiger partial charge in [-0.1, -0.05) is 23.4 Å². The number of carboxylic acids is 1. The molecule has 2 aromatic rings. The first-order chi connectivity index (χ1) is 9.10. The van der Waals surface area contributed by atoms with Gasteiger partial charge >= 0.3 is 5.97 Å². The predicted molar refractivity (Wildman–Crippen MR) is 73.7 cm³/mol. The van der Waals surface area contributed by atoms with E-state index < -0.39 is 5.97 Å². The van der Waals surface area contributed by atoms with Crippen molar-refractivity contribution in [1.29, 1.82) is 5.26 Å². The number of carbonyl (C=O) groups is 1. The third-order valence-electron chi connectivity index (χ3n) is 2.39. The number of rotatable bonds is 3. The third kappa shape index (κ3) is 3.28. The Morgan fingerprint density at radius 3 is 2.37 bits per heavy atom. The van der Waals surface area contributed by atoms with Crippen molar-refractivity contribution in [3.63, 3.8) is 0 Å². The van der Waals surface area contributed by atoms with Crippen LogP contribution in [0.5, 0.6) is 0 Å². The van der Waals surface area contributed by atoms with Crippen LogP contribution in [0.4, 0.5) is 0 Å². The van der Waals surface area contributed by atoms with Gasteiger partial charge in [-0.05, 0) is 42.5 Å². The highest BCUT2D eigenvalue weighted by Gasteiger charge is 2.10. The summed E-state index contributed by atoms with van der Waals surface area (Å²) in [6, 6.07) is 13.9. The van der Waals surface area contributed by atoms with Crippen LogP contribution in [0.3, 0.4) is 0 Å². The molecule has 0 unspecified atom stereocenters. The van der Waals surface area contributed by atoms with Crippen LogP contribution >= 0.6 is 23.4 Å². The molecule has 0 saturated carbocycles. The van der Waals surface area contributed by atoms with Crippen LogP contribution in [0.2, 0.25) is 5.02 Å². The van der Waals surface area contributed by atoms with E-state index in [-0.39, 0.29) is 11.1 Å². The number of hydrogen-bond donors (Lipinski definition) is 1. The van der Waals surface area contributed by atoms with E-state index in [0.717, 1.165) is 9.79 Å². The molecule has 0 amide bonds. The maximum absolute atomic E-state index is 10.9. The fourth-order valence-electron chi connectivity index (χ4n) is 1.50. The first-order valence-electron chi connectivity index (χ1n) is 5.31. The quantitative estimate of drug-likeness (QED) is 0.925. The molecule has 0 aliphatic carbocycles. The summed E-state index contributed by atoms with van der Waals surface area (Å²) < 4.78 is 0. The van der Waals surface area contributed by atoms with Crippen molar-refractivity contribution in [2.75, 3.05) is 0 Å². The molecule has 0 aliphatic heterocycles. The van der Waals surface area contributed by atoms with Gasteiger partial charge in [0, 0.05) is 14.8 Å². The standard InChI is InChI=1S/C14H8ClNO2S/c15-10-1-3-11(4-2-10)19-12-5-6-13(14(17)18)9(7-12)8-16/h1-7H,(H,17,18). The van der Waals surface area contributed by atoms with Gasteiger partial charge in [0.05, 0.1) is 11.1 Å². The zero-order valence-corrected chi connectivity index (χ0v) is 11.2. The Kier molecular flexibility index (Phi) is 4.10. The minimum atomic E-state index is -1.10. The highest BCUT2D eigenvalue weighted by atomic mass is 35.5. The smallest absolute Gasteiger partial charge is 0.337 e. The minimum Gasteiger partial charge on any atom is -0.478 e. The van der Waals surface area contributed by atoms with Gasteiger partial charge in [-0.3, -0.25) is 0 Å². The van der Waals surface area contributed by atoms with Gasteiger partial charge in [-0.2, -0.15) is 5.26 Å². The zero-order chi connectivity index (χ0) is 13.8. The van der Waals surface area contributed by atoms with Gasteiger partial charge in [0.25, 0.3) is 0 Å². The van der Waals surface area contributed by atoms with E-state index >= 15 is 0 Å². The number of nitriles is 1. The SMILES string of the molecule is N#Cc1cc(Sc2ccc(Cl)cc2)ccc1C(=O)O. The Morgan fingerprint density at radius 2 is 1.79 bits per heavy atom. The van der Waals surface area contributed by atoms with Crippen LogP contribution in [0, 0.1) is 11.3 Å². The number of hydrogen-bond acceptors (Lipinski definition) is 3. The second-order valence-corrected chi connectivity index (χ2v) is 5.26. The molecule has 0 radical (unpaired) electrons. The molecule has 1 N–H and O–H groups in total. The van der Waals surface area contributed by atoms with Crippen LogP contribution in [0.1, 0.15) is 15.9 Å². The lowest BCUT2D eigenvalue weighted by molar-refractivity contribution is 0.0696. The molecular weight excluding hydrogens is 282 g/mol. The van der Waals surface area contributed by atoms with Crippen molar-refractivity contribution in [1.82, 2.24) is 0 Å². The van der Waals surface area contributed by atoms with Gasteiger partial charge in [0.2, 0.25) is 0 Å². The van der Waals surface area contributed by atoms with Gasteiger partial charge in [-0.15, -0.1) is 0 Å². The molecule has 3 nitrogen and oxygen atoms in total. The Hall–Kier alpha value is -1.96. The number of nitrogens with zero attached hydrogens (tertiary/aromatic N) is 1. The van der Waals surface area contributed by atoms with Crippen molar-refractivity contribution in [3.05, 3.63) is 58.6 Å². The average Bonchev–Trinajstić information content (AvgIpc) is 2.41. The highest BCUT2D eigenvalue weighted by Crippen LogP contribution is 2.29. The van der Waals surface area contributed by atoms with E-state index in [2.05, 4.69) is 0 Å². The van der Waals surface area contributed by atoms with Gasteiger partial charge in [-0.25, -0.2) is 4.79 Å². The van der Waals surface area contributed by atoms with E-state index in [4.69, 9.17) is 22.0 Å². The Labute approximate surface area is 119 Å². The van der Waals surface area contributed by atoms with E-state index in [1.807, 2.05) is 18.2 Å². The van der Waals surface area contributed by atoms with Crippen molar-refractivity contribution in [3.8, 4) is 6.07 Å². The molecule has 2 rings (SSSR count). The van der Waals surface area contributed by atoms with Gasteiger partial charge in [0.1, 0.15) is 6.07 Å². The number of carboxylic acid groups (broad SMARTS) is 1. The molecule has 0 aromatic heterocycles. The van der Waals surface area contributed by atoms with Crippen molar-refractivity contribution in [2.24, 2.45) is 0 Å². The molecule has 0 aliphatic rings. The van der Waals surface area contributed by atoms with E-state index in [1.54, 1.807) is 24.3 Å². The Bertz CT molecular complexity index is 662. The molecule has 19 heavy (non-hydrogen) atoms. The number of aromatic carboxylic acids is 1. The van der Waals surface area contributed by atoms with Crippen LogP contribution in [-0.4, -0.2) is 11.1 Å². The lowest BCUT2D eigenvalue weighted by Gasteiger charge is -2.04. The van der Waals surface area contributed by atoms with E-state index in [9.17, 15) is 4.79 Å². The Balaban J connectivity index is 2.29. The summed E-state index contributed by atoms with van der Waals surface area (Å²) in [4.78, 5) is 12.7. The van der Waals surface area contributed by atoms with Crippen LogP contribution in [0.25, 0.3) is 0 Å². The molecule has 0 spiro atoms. The number of benzene rings is 2. The van der Waals surface area contributed by atoms with Crippen LogP contribution < -0.4 is 0 Å². The second kappa shape index (κ2) is 5.79. The van der Waals surface area contributed by atoms with Crippen molar-refractivity contribution in [2.45, 2.75) is 9.79 Å². The monoisotopic (exact) mass is 289 g/mol. The summed E-state index contributed by atoms with van der Waals surface area (Å²) in [6.07, 6.45) is 0. The molecule has 0 fully saturated rings. The second-order valence-electron chi connectivity index (χ2n) is 3.68. The molecule has 0 atom stereocenters. The summed E-state index contributed by atoms with van der Waals surface area (Å²) in [5.74, 6) is -1.10. The lowest BCUT2D eigenvalue weighted by atomic mass is 10.1. The van der Waals surface area contributed by atoms with Gasteiger partial charge < -0.3 is 5.11 Å². The van der Waals surface area contributed by atoms with E-state index in [0.29, 0.717) is 5.02 Å². The highest BCUT2D eigenvalue weighted by molar-refractivity contribution is 7.99. The first-order valence-corrected chi connectivity index (χ1v) is 6.50. The maximum atomic E-state index is 10.9. The van der Waals surface area contributed by atoms with Gasteiger partial charge in [0.15, 0.2) is 0 Å². The van der Waals surface area contributed by atoms with Crippen LogP contribution in [0.15, 0.2) is 52.3 Å². The normalized spacial score (nSPS) is 9.89. The fraction of sp³-hybridized carbons (Fsp3) is 0. The lowest BCUT2D eigenvalue weighted by Crippen LogP contribution is -1.99. The fourth-order valence-corrected chi connectivity index (χ4v) is 2.49. The third-order valence-corrected chi connectivity index (χ3v) is 3.64. The maximum Gasteiger partial charge on any atom is 0.337 e. The van der Waals surface area contributed by atoms with E-state index in [1.165, 1.54) is 17.8 Å². The predicted octanol–water partition coefficient (Wildman–Crippen LogP) is 4.06. The van der Waals surface area contributed by atoms with Crippen molar-refractivity contribution < 1.29 is 9.90 Å². The average molecular weight is 290 g/mol. The first kappa shape index (κ1) is 13.5. The molecule has 0 heterocycles. The topological polar surface area (TPSA) is 61.1 Å². The van der Waals surface area contributed by atoms with Crippen LogP contribution in [-0.2, 0) is 0 Å². The van der Waals surface area contributed by atoms with Crippen molar-refractivity contribution >= 4 is 29.3 Å². The molecular formula is C14H8ClNO2S. The molecule has 2 aromatic carbocycles. The molecule has 0 bridgehead atoms. The molecule has 5 heteroatoms. The summed E-state index contributed by atoms with van der Waals surface area (Å²) in [6.45, 7) is 0. The summed E-state index contributed by atoms with van der Waals surface area (Å²) in [5, 5.41) is 18.5. The molecule has 94 valence electrons. The minimum absolute atomic E-state index is 0.0166. The summed E-state index contributed by atoms with van der Waals surface area (Å²) in [7, 11) is 0. The summed E-state index contributed by atoms with van der Waals surface area (Å²) in [5.41, 5.74) is 0.175. The Morgan fingerprint density at radius 1 is 1.16 bits per heavy atom. The number of halogens is 1.